The van der Waals surface area contributed by atoms with Crippen molar-refractivity contribution < 1.29 is 24.2 Å². The lowest BCUT2D eigenvalue weighted by Crippen LogP contribution is -2.50. The molecule has 1 aliphatic rings. The molecule has 1 aliphatic heterocycles. The number of nitrogen functional groups attached to an aromatic ring is 1. The van der Waals surface area contributed by atoms with E-state index in [1.807, 2.05) is 66.7 Å². The first kappa shape index (κ1) is 26.9. The molecule has 0 aliphatic carbocycles. The van der Waals surface area contributed by atoms with E-state index in [4.69, 9.17) is 20.6 Å². The number of esters is 1. The van der Waals surface area contributed by atoms with Crippen LogP contribution in [-0.4, -0.2) is 59.6 Å². The highest BCUT2D eigenvalue weighted by Crippen LogP contribution is 2.36. The van der Waals surface area contributed by atoms with Gasteiger partial charge in [0.25, 0.3) is 5.91 Å². The molecule has 198 valence electrons. The van der Waals surface area contributed by atoms with Gasteiger partial charge in [-0.3, -0.25) is 10.2 Å². The first-order valence-corrected chi connectivity index (χ1v) is 12.6. The van der Waals surface area contributed by atoms with Crippen LogP contribution < -0.4 is 10.5 Å². The number of aryl methyl sites for hydroxylation is 1. The lowest BCUT2D eigenvalue weighted by Gasteiger charge is -2.27. The van der Waals surface area contributed by atoms with E-state index in [9.17, 15) is 14.7 Å². The first-order chi connectivity index (χ1) is 18.3. The van der Waals surface area contributed by atoms with E-state index < -0.39 is 29.4 Å². The Labute approximate surface area is 222 Å². The van der Waals surface area contributed by atoms with Crippen molar-refractivity contribution in [2.75, 3.05) is 20.3 Å². The Bertz CT molecular complexity index is 1280. The molecule has 4 N–H and O–H groups in total. The Kier molecular flexibility index (Phi) is 8.12. The molecule has 3 atom stereocenters. The van der Waals surface area contributed by atoms with E-state index in [1.165, 1.54) is 7.11 Å². The molecule has 3 aromatic rings. The normalized spacial score (nSPS) is 20.8. The van der Waals surface area contributed by atoms with Crippen LogP contribution in [0.1, 0.15) is 24.5 Å². The summed E-state index contributed by atoms with van der Waals surface area (Å²) < 4.78 is 10.8. The van der Waals surface area contributed by atoms with Crippen LogP contribution in [-0.2, 0) is 20.7 Å². The summed E-state index contributed by atoms with van der Waals surface area (Å²) in [5.74, 6) is -1.70. The molecule has 0 bridgehead atoms. The number of nitrogens with two attached hydrogens (primary N) is 1. The van der Waals surface area contributed by atoms with Crippen LogP contribution in [0.3, 0.4) is 0 Å². The number of rotatable bonds is 10. The molecule has 0 saturated carbocycles. The lowest BCUT2D eigenvalue weighted by molar-refractivity contribution is -0.171. The topological polar surface area (TPSA) is 126 Å². The largest absolute Gasteiger partial charge is 0.491 e. The molecular formula is C30H33N3O5. The summed E-state index contributed by atoms with van der Waals surface area (Å²) in [5.41, 5.74) is 7.05. The van der Waals surface area contributed by atoms with Crippen molar-refractivity contribution in [2.24, 2.45) is 11.7 Å². The summed E-state index contributed by atoms with van der Waals surface area (Å²) in [7, 11) is 1.17. The van der Waals surface area contributed by atoms with Gasteiger partial charge in [-0.25, -0.2) is 4.79 Å². The van der Waals surface area contributed by atoms with Gasteiger partial charge in [0.2, 0.25) is 5.60 Å². The van der Waals surface area contributed by atoms with Crippen molar-refractivity contribution in [3.05, 3.63) is 90.0 Å². The minimum Gasteiger partial charge on any atom is -0.491 e. The van der Waals surface area contributed by atoms with Gasteiger partial charge in [0, 0.05) is 18.0 Å². The second-order valence-electron chi connectivity index (χ2n) is 9.53. The number of ether oxygens (including phenoxy) is 2. The smallest absolute Gasteiger partial charge is 0.348 e. The third kappa shape index (κ3) is 5.40. The third-order valence-electron chi connectivity index (χ3n) is 7.23. The number of nitrogens with zero attached hydrogens (tertiary/aromatic N) is 1. The Morgan fingerprint density at radius 1 is 1.03 bits per heavy atom. The Hall–Kier alpha value is -4.17. The van der Waals surface area contributed by atoms with Gasteiger partial charge in [0.05, 0.1) is 13.2 Å². The Morgan fingerprint density at radius 2 is 1.63 bits per heavy atom. The van der Waals surface area contributed by atoms with Crippen molar-refractivity contribution in [3.8, 4) is 16.9 Å². The van der Waals surface area contributed by atoms with Crippen LogP contribution in [0.15, 0.2) is 78.9 Å². The summed E-state index contributed by atoms with van der Waals surface area (Å²) in [6.07, 6.45) is 1.44. The number of methoxy groups -OCH3 is 1. The second-order valence-corrected chi connectivity index (χ2v) is 9.53. The molecule has 8 heteroatoms. The second kappa shape index (κ2) is 11.5. The Morgan fingerprint density at radius 3 is 2.21 bits per heavy atom. The maximum atomic E-state index is 13.3. The number of aliphatic hydroxyl groups is 1. The molecule has 1 amide bonds. The number of likely N-dealkylation sites (tertiary alicyclic amines) is 1. The average molecular weight is 516 g/mol. The van der Waals surface area contributed by atoms with Gasteiger partial charge in [-0.15, -0.1) is 0 Å². The fourth-order valence-corrected chi connectivity index (χ4v) is 4.91. The van der Waals surface area contributed by atoms with E-state index in [1.54, 1.807) is 24.0 Å². The minimum absolute atomic E-state index is 0.0214. The molecule has 0 radical (unpaired) electrons. The molecule has 3 aromatic carbocycles. The van der Waals surface area contributed by atoms with Gasteiger partial charge in [0.15, 0.2) is 0 Å². The van der Waals surface area contributed by atoms with Gasteiger partial charge >= 0.3 is 5.97 Å². The maximum Gasteiger partial charge on any atom is 0.348 e. The average Bonchev–Trinajstić information content (AvgIpc) is 3.13. The van der Waals surface area contributed by atoms with Crippen molar-refractivity contribution in [1.82, 2.24) is 4.90 Å². The summed E-state index contributed by atoms with van der Waals surface area (Å²) in [6, 6.07) is 24.4. The third-order valence-corrected chi connectivity index (χ3v) is 7.23. The zero-order valence-electron chi connectivity index (χ0n) is 21.6. The zero-order valence-corrected chi connectivity index (χ0v) is 21.6. The predicted molar refractivity (Wildman–Crippen MR) is 145 cm³/mol. The fourth-order valence-electron chi connectivity index (χ4n) is 4.91. The molecule has 0 aromatic heterocycles. The quantitative estimate of drug-likeness (QED) is 0.164. The highest BCUT2D eigenvalue weighted by Gasteiger charge is 2.62. The number of nitrogens with one attached hydrogen (secondary N) is 1. The number of amides is 1. The SMILES string of the molecule is COC(=O)[C@@]1(O)C(=O)N(CCCc2ccccc2)[C@H](COc2ccc(-c3ccc(C(=N)N)cc3)cc2)C1C. The van der Waals surface area contributed by atoms with Crippen LogP contribution in [0.25, 0.3) is 11.1 Å². The Balaban J connectivity index is 1.46. The van der Waals surface area contributed by atoms with E-state index in [0.717, 1.165) is 23.1 Å². The summed E-state index contributed by atoms with van der Waals surface area (Å²) in [4.78, 5) is 27.3. The summed E-state index contributed by atoms with van der Waals surface area (Å²) >= 11 is 0. The lowest BCUT2D eigenvalue weighted by atomic mass is 9.88. The molecule has 1 fully saturated rings. The van der Waals surface area contributed by atoms with Gasteiger partial charge in [-0.05, 0) is 41.7 Å². The first-order valence-electron chi connectivity index (χ1n) is 12.6. The highest BCUT2D eigenvalue weighted by atomic mass is 16.5. The van der Waals surface area contributed by atoms with Crippen LogP contribution >= 0.6 is 0 Å². The van der Waals surface area contributed by atoms with E-state index in [0.29, 0.717) is 24.3 Å². The van der Waals surface area contributed by atoms with Gasteiger partial charge in [0.1, 0.15) is 18.2 Å². The maximum absolute atomic E-state index is 13.3. The van der Waals surface area contributed by atoms with E-state index in [-0.39, 0.29) is 12.4 Å². The summed E-state index contributed by atoms with van der Waals surface area (Å²) in [5, 5.41) is 18.7. The number of carbonyl (C=O) groups is 2. The summed E-state index contributed by atoms with van der Waals surface area (Å²) in [6.45, 7) is 2.17. The van der Waals surface area contributed by atoms with E-state index in [2.05, 4.69) is 0 Å². The molecular weight excluding hydrogens is 482 g/mol. The standard InChI is InChI=1S/C30H33N3O5/c1-20-26(19-38-25-16-14-23(15-17-25)22-10-12-24(13-11-22)27(31)32)33(28(34)30(20,36)29(35)37-2)18-6-9-21-7-4-3-5-8-21/h3-5,7-8,10-17,20,26,36H,6,9,18-19H2,1-2H3,(H3,31,32)/t20?,26-,30+/m1/s1. The van der Waals surface area contributed by atoms with Crippen molar-refractivity contribution in [2.45, 2.75) is 31.4 Å². The molecule has 1 heterocycles. The molecule has 1 saturated heterocycles. The van der Waals surface area contributed by atoms with Crippen molar-refractivity contribution in [1.29, 1.82) is 5.41 Å². The number of amidine groups is 1. The van der Waals surface area contributed by atoms with Crippen LogP contribution in [0.5, 0.6) is 5.75 Å². The van der Waals surface area contributed by atoms with Crippen molar-refractivity contribution in [3.63, 3.8) is 0 Å². The van der Waals surface area contributed by atoms with Crippen molar-refractivity contribution >= 4 is 17.7 Å². The number of hydrogen-bond donors (Lipinski definition) is 3. The number of benzene rings is 3. The van der Waals surface area contributed by atoms with Crippen LogP contribution in [0, 0.1) is 11.3 Å². The van der Waals surface area contributed by atoms with Crippen LogP contribution in [0.4, 0.5) is 0 Å². The number of carbonyl (C=O) groups excluding carboxylic acids is 2. The van der Waals surface area contributed by atoms with Gasteiger partial charge in [-0.2, -0.15) is 0 Å². The monoisotopic (exact) mass is 515 g/mol. The molecule has 1 unspecified atom stereocenters. The molecule has 4 rings (SSSR count). The predicted octanol–water partition coefficient (Wildman–Crippen LogP) is 3.40. The minimum atomic E-state index is -2.24. The van der Waals surface area contributed by atoms with Gasteiger partial charge < -0.3 is 25.2 Å². The van der Waals surface area contributed by atoms with E-state index >= 15 is 0 Å². The molecule has 38 heavy (non-hydrogen) atoms. The molecule has 8 nitrogen and oxygen atoms in total. The highest BCUT2D eigenvalue weighted by molar-refractivity contribution is 6.08. The van der Waals surface area contributed by atoms with Gasteiger partial charge in [-0.1, -0.05) is 73.7 Å². The number of hydrogen-bond acceptors (Lipinski definition) is 6. The van der Waals surface area contributed by atoms with Crippen LogP contribution in [0.2, 0.25) is 0 Å². The zero-order chi connectivity index (χ0) is 27.3. The fraction of sp³-hybridized carbons (Fsp3) is 0.300. The molecule has 0 spiro atoms.